The lowest BCUT2D eigenvalue weighted by molar-refractivity contribution is 1.31. The molecule has 11 rings (SSSR count). The Morgan fingerprint density at radius 2 is 0.824 bits per heavy atom. The molecule has 0 amide bonds. The molecule has 0 radical (unpaired) electrons. The molecule has 2 nitrogen and oxygen atoms in total. The summed E-state index contributed by atoms with van der Waals surface area (Å²) in [5.74, 6) is 0. The van der Waals surface area contributed by atoms with Crippen LogP contribution in [0.15, 0.2) is 182 Å². The van der Waals surface area contributed by atoms with Gasteiger partial charge in [-0.15, -0.1) is 0 Å². The summed E-state index contributed by atoms with van der Waals surface area (Å²) in [5, 5.41) is 11.1. The number of nitrogens with zero attached hydrogens (tertiary/aromatic N) is 2. The molecule has 2 heteroatoms. The zero-order chi connectivity index (χ0) is 33.5. The molecule has 0 saturated heterocycles. The van der Waals surface area contributed by atoms with Crippen LogP contribution < -0.4 is 0 Å². The lowest BCUT2D eigenvalue weighted by Crippen LogP contribution is -1.92. The van der Waals surface area contributed by atoms with Crippen LogP contribution >= 0.6 is 0 Å². The van der Waals surface area contributed by atoms with Gasteiger partial charge in [-0.3, -0.25) is 4.40 Å². The van der Waals surface area contributed by atoms with Crippen molar-refractivity contribution in [3.63, 3.8) is 0 Å². The van der Waals surface area contributed by atoms with E-state index >= 15 is 0 Å². The molecule has 11 aromatic rings. The van der Waals surface area contributed by atoms with Crippen molar-refractivity contribution in [1.29, 1.82) is 0 Å². The van der Waals surface area contributed by atoms with Crippen LogP contribution in [-0.4, -0.2) is 9.38 Å². The SMILES string of the molecule is c1ccc2cc(-c3ccc(-c4c5ccccc5c(-c5ccc6c(c5)nc5c7ccccc7c7ccccc7n65)c5ccccc45)cc3)ccc2c1. The molecule has 0 aliphatic heterocycles. The van der Waals surface area contributed by atoms with E-state index in [4.69, 9.17) is 4.98 Å². The van der Waals surface area contributed by atoms with E-state index in [0.29, 0.717) is 0 Å². The van der Waals surface area contributed by atoms with Crippen molar-refractivity contribution in [2.24, 2.45) is 0 Å². The molecule has 51 heavy (non-hydrogen) atoms. The van der Waals surface area contributed by atoms with Crippen molar-refractivity contribution in [1.82, 2.24) is 9.38 Å². The van der Waals surface area contributed by atoms with E-state index in [0.717, 1.165) is 16.7 Å². The average Bonchev–Trinajstić information content (AvgIpc) is 3.59. The topological polar surface area (TPSA) is 17.3 Å². The van der Waals surface area contributed by atoms with Gasteiger partial charge in [0.15, 0.2) is 0 Å². The summed E-state index contributed by atoms with van der Waals surface area (Å²) < 4.78 is 2.33. The summed E-state index contributed by atoms with van der Waals surface area (Å²) in [7, 11) is 0. The second kappa shape index (κ2) is 10.9. The molecular weight excluding hydrogens is 617 g/mol. The van der Waals surface area contributed by atoms with Crippen molar-refractivity contribution in [2.45, 2.75) is 0 Å². The Kier molecular flexibility index (Phi) is 5.99. The van der Waals surface area contributed by atoms with Crippen LogP contribution in [0, 0.1) is 0 Å². The molecule has 0 atom stereocenters. The Morgan fingerprint density at radius 3 is 1.53 bits per heavy atom. The Morgan fingerprint density at radius 1 is 0.314 bits per heavy atom. The van der Waals surface area contributed by atoms with Gasteiger partial charge in [0, 0.05) is 10.8 Å². The highest BCUT2D eigenvalue weighted by molar-refractivity contribution is 6.22. The van der Waals surface area contributed by atoms with Crippen LogP contribution in [0.5, 0.6) is 0 Å². The summed E-state index contributed by atoms with van der Waals surface area (Å²) >= 11 is 0. The van der Waals surface area contributed by atoms with E-state index in [2.05, 4.69) is 186 Å². The van der Waals surface area contributed by atoms with Gasteiger partial charge in [-0.1, -0.05) is 158 Å². The number of fused-ring (bicyclic) bond motifs is 11. The quantitative estimate of drug-likeness (QED) is 0.138. The van der Waals surface area contributed by atoms with Crippen molar-refractivity contribution >= 4 is 70.7 Å². The summed E-state index contributed by atoms with van der Waals surface area (Å²) in [6, 6.07) is 66.3. The summed E-state index contributed by atoms with van der Waals surface area (Å²) in [5.41, 5.74) is 11.6. The van der Waals surface area contributed by atoms with Crippen LogP contribution in [0.1, 0.15) is 0 Å². The first kappa shape index (κ1) is 28.1. The van der Waals surface area contributed by atoms with Gasteiger partial charge in [-0.2, -0.15) is 0 Å². The normalized spacial score (nSPS) is 11.9. The van der Waals surface area contributed by atoms with Gasteiger partial charge >= 0.3 is 0 Å². The van der Waals surface area contributed by atoms with Gasteiger partial charge in [-0.25, -0.2) is 4.98 Å². The van der Waals surface area contributed by atoms with Gasteiger partial charge in [0.05, 0.1) is 16.6 Å². The predicted octanol–water partition coefficient (Wildman–Crippen LogP) is 13.3. The number of pyridine rings is 1. The number of hydrogen-bond donors (Lipinski definition) is 0. The smallest absolute Gasteiger partial charge is 0.146 e. The van der Waals surface area contributed by atoms with Crippen LogP contribution in [-0.2, 0) is 0 Å². The highest BCUT2D eigenvalue weighted by atomic mass is 15.0. The molecule has 0 aliphatic carbocycles. The lowest BCUT2D eigenvalue weighted by Gasteiger charge is -2.18. The number of imidazole rings is 1. The molecule has 0 bridgehead atoms. The second-order valence-electron chi connectivity index (χ2n) is 13.5. The molecule has 0 unspecified atom stereocenters. The third kappa shape index (κ3) is 4.20. The molecule has 0 spiro atoms. The van der Waals surface area contributed by atoms with E-state index in [1.807, 2.05) is 0 Å². The summed E-state index contributed by atoms with van der Waals surface area (Å²) in [6.45, 7) is 0. The van der Waals surface area contributed by atoms with Crippen molar-refractivity contribution < 1.29 is 0 Å². The molecule has 2 aromatic heterocycles. The maximum Gasteiger partial charge on any atom is 0.146 e. The predicted molar refractivity (Wildman–Crippen MR) is 217 cm³/mol. The Balaban J connectivity index is 1.12. The molecule has 2 heterocycles. The molecule has 0 fully saturated rings. The number of para-hydroxylation sites is 1. The van der Waals surface area contributed by atoms with E-state index in [-0.39, 0.29) is 0 Å². The Hall–Kier alpha value is -6.77. The average molecular weight is 647 g/mol. The van der Waals surface area contributed by atoms with Crippen LogP contribution in [0.3, 0.4) is 0 Å². The molecule has 0 saturated carbocycles. The van der Waals surface area contributed by atoms with Gasteiger partial charge in [0.1, 0.15) is 5.65 Å². The third-order valence-electron chi connectivity index (χ3n) is 10.7. The maximum atomic E-state index is 5.32. The second-order valence-corrected chi connectivity index (χ2v) is 13.5. The fourth-order valence-corrected chi connectivity index (χ4v) is 8.42. The standard InChI is InChI=1S/C49H30N2/c1-2-12-34-29-35(26-23-31(34)11-1)32-21-24-33(25-22-32)47-39-15-4-6-17-41(39)48(42-18-7-5-16-40(42)47)36-27-28-46-44(30-36)50-49-43-19-8-3-13-37(43)38-14-9-10-20-45(38)51(46)49/h1-30H. The zero-order valence-corrected chi connectivity index (χ0v) is 27.7. The minimum atomic E-state index is 0.994. The van der Waals surface area contributed by atoms with Gasteiger partial charge in [0.2, 0.25) is 0 Å². The van der Waals surface area contributed by atoms with E-state index < -0.39 is 0 Å². The maximum absolute atomic E-state index is 5.32. The fourth-order valence-electron chi connectivity index (χ4n) is 8.42. The summed E-state index contributed by atoms with van der Waals surface area (Å²) in [4.78, 5) is 5.32. The number of hydrogen-bond acceptors (Lipinski definition) is 1. The van der Waals surface area contributed by atoms with E-state index in [9.17, 15) is 0 Å². The first-order valence-corrected chi connectivity index (χ1v) is 17.6. The minimum Gasteiger partial charge on any atom is -0.292 e. The highest BCUT2D eigenvalue weighted by Crippen LogP contribution is 2.45. The third-order valence-corrected chi connectivity index (χ3v) is 10.7. The van der Waals surface area contributed by atoms with Crippen LogP contribution in [0.4, 0.5) is 0 Å². The van der Waals surface area contributed by atoms with Crippen LogP contribution in [0.2, 0.25) is 0 Å². The first-order valence-electron chi connectivity index (χ1n) is 17.6. The van der Waals surface area contributed by atoms with Crippen LogP contribution in [0.25, 0.3) is 104 Å². The Bertz CT molecular complexity index is 3130. The monoisotopic (exact) mass is 646 g/mol. The summed E-state index contributed by atoms with van der Waals surface area (Å²) in [6.07, 6.45) is 0. The Labute approximate surface area is 294 Å². The first-order chi connectivity index (χ1) is 25.3. The largest absolute Gasteiger partial charge is 0.292 e. The molecule has 9 aromatic carbocycles. The van der Waals surface area contributed by atoms with Gasteiger partial charge in [0.25, 0.3) is 0 Å². The molecule has 236 valence electrons. The lowest BCUT2D eigenvalue weighted by atomic mass is 9.85. The molecule has 0 N–H and O–H groups in total. The van der Waals surface area contributed by atoms with Gasteiger partial charge < -0.3 is 0 Å². The van der Waals surface area contributed by atoms with Gasteiger partial charge in [-0.05, 0) is 95.3 Å². The molecular formula is C49H30N2. The number of aromatic nitrogens is 2. The van der Waals surface area contributed by atoms with Crippen molar-refractivity contribution in [2.75, 3.05) is 0 Å². The minimum absolute atomic E-state index is 0.994. The zero-order valence-electron chi connectivity index (χ0n) is 27.7. The fraction of sp³-hybridized carbons (Fsp3) is 0. The highest BCUT2D eigenvalue weighted by Gasteiger charge is 2.19. The van der Waals surface area contributed by atoms with Crippen molar-refractivity contribution in [3.05, 3.63) is 182 Å². The van der Waals surface area contributed by atoms with Crippen molar-refractivity contribution in [3.8, 4) is 33.4 Å². The van der Waals surface area contributed by atoms with E-state index in [1.54, 1.807) is 0 Å². The number of rotatable bonds is 3. The van der Waals surface area contributed by atoms with E-state index in [1.165, 1.54) is 87.4 Å². The number of benzene rings is 9. The molecule has 0 aliphatic rings.